The summed E-state index contributed by atoms with van der Waals surface area (Å²) in [7, 11) is -4.37. The molecule has 1 heterocycles. The van der Waals surface area contributed by atoms with Gasteiger partial charge in [-0.15, -0.1) is 0 Å². The van der Waals surface area contributed by atoms with E-state index in [2.05, 4.69) is 67.7 Å². The quantitative estimate of drug-likeness (QED) is 0.307. The Bertz CT molecular complexity index is 1130. The molecule has 2 amide bonds. The van der Waals surface area contributed by atoms with E-state index in [0.717, 1.165) is 5.56 Å². The molecule has 0 saturated carbocycles. The van der Waals surface area contributed by atoms with Gasteiger partial charge in [-0.1, -0.05) is 59.7 Å². The number of rotatable bonds is 5. The summed E-state index contributed by atoms with van der Waals surface area (Å²) in [5.41, 5.74) is 2.10. The van der Waals surface area contributed by atoms with Crippen LogP contribution in [0.2, 0.25) is 36.3 Å². The van der Waals surface area contributed by atoms with Crippen molar-refractivity contribution in [2.45, 2.75) is 90.6 Å². The molecule has 1 aliphatic heterocycles. The fourth-order valence-electron chi connectivity index (χ4n) is 3.44. The van der Waals surface area contributed by atoms with Crippen molar-refractivity contribution < 1.29 is 18.4 Å². The molecule has 35 heavy (non-hydrogen) atoms. The summed E-state index contributed by atoms with van der Waals surface area (Å²) in [6, 6.07) is 13.0. The molecule has 190 valence electrons. The van der Waals surface area contributed by atoms with Gasteiger partial charge in [0.1, 0.15) is 11.5 Å². The largest absolute Gasteiger partial charge is 0.541 e. The molecule has 0 radical (unpaired) electrons. The zero-order valence-electron chi connectivity index (χ0n) is 23.0. The minimum atomic E-state index is -2.22. The molecule has 1 aliphatic rings. The SMILES string of the molecule is CC(C)(C)[Si](C)(C)Oc1ccc(C(=O)N2C(=O)CCc3ccccc32)cc1O[Si](C)(C)C(C)(C)C. The molecule has 0 atom stereocenters. The van der Waals surface area contributed by atoms with Crippen molar-refractivity contribution in [1.29, 1.82) is 0 Å². The van der Waals surface area contributed by atoms with E-state index in [9.17, 15) is 9.59 Å². The van der Waals surface area contributed by atoms with Crippen LogP contribution < -0.4 is 13.8 Å². The second-order valence-corrected chi connectivity index (χ2v) is 22.0. The van der Waals surface area contributed by atoms with E-state index >= 15 is 0 Å². The van der Waals surface area contributed by atoms with Gasteiger partial charge in [0.15, 0.2) is 0 Å². The summed E-state index contributed by atoms with van der Waals surface area (Å²) in [6.07, 6.45) is 0.973. The molecule has 0 N–H and O–H groups in total. The number of amides is 2. The van der Waals surface area contributed by atoms with Gasteiger partial charge in [0.05, 0.1) is 5.69 Å². The third-order valence-corrected chi connectivity index (χ3v) is 16.5. The Labute approximate surface area is 213 Å². The van der Waals surface area contributed by atoms with Crippen LogP contribution in [0.1, 0.15) is 63.9 Å². The minimum Gasteiger partial charge on any atom is -0.541 e. The molecule has 0 bridgehead atoms. The Hall–Kier alpha value is -2.39. The topological polar surface area (TPSA) is 55.8 Å². The maximum atomic E-state index is 13.7. The van der Waals surface area contributed by atoms with Crippen molar-refractivity contribution in [3.63, 3.8) is 0 Å². The van der Waals surface area contributed by atoms with E-state index in [0.29, 0.717) is 35.6 Å². The molecule has 2 aromatic carbocycles. The maximum Gasteiger partial charge on any atom is 0.265 e. The highest BCUT2D eigenvalue weighted by Crippen LogP contribution is 2.44. The summed E-state index contributed by atoms with van der Waals surface area (Å²) in [6.45, 7) is 21.9. The van der Waals surface area contributed by atoms with Gasteiger partial charge in [0.25, 0.3) is 22.5 Å². The standard InChI is InChI=1S/C28H41NO4Si2/c1-27(2,3)34(7,8)32-23-17-15-21(19-24(23)33-35(9,10)28(4,5)6)26(31)29-22-14-12-11-13-20(22)16-18-25(29)30/h11-15,17,19H,16,18H2,1-10H3. The molecule has 2 aromatic rings. The second-order valence-electron chi connectivity index (χ2n) is 12.5. The van der Waals surface area contributed by atoms with Crippen molar-refractivity contribution in [2.75, 3.05) is 4.90 Å². The summed E-state index contributed by atoms with van der Waals surface area (Å²) in [5, 5.41) is -0.0112. The van der Waals surface area contributed by atoms with E-state index in [1.807, 2.05) is 30.3 Å². The lowest BCUT2D eigenvalue weighted by atomic mass is 10.00. The first-order valence-electron chi connectivity index (χ1n) is 12.4. The van der Waals surface area contributed by atoms with Crippen LogP contribution in [0, 0.1) is 0 Å². The molecule has 0 aliphatic carbocycles. The van der Waals surface area contributed by atoms with Gasteiger partial charge in [-0.25, -0.2) is 4.90 Å². The lowest BCUT2D eigenvalue weighted by molar-refractivity contribution is -0.118. The van der Waals surface area contributed by atoms with Crippen LogP contribution in [-0.4, -0.2) is 28.4 Å². The van der Waals surface area contributed by atoms with E-state index in [1.54, 1.807) is 12.1 Å². The molecule has 0 spiro atoms. The van der Waals surface area contributed by atoms with Gasteiger partial charge in [-0.05, 0) is 72.5 Å². The van der Waals surface area contributed by atoms with Gasteiger partial charge in [-0.2, -0.15) is 0 Å². The Kier molecular flexibility index (Phi) is 7.19. The number of nitrogens with zero attached hydrogens (tertiary/aromatic N) is 1. The highest BCUT2D eigenvalue weighted by Gasteiger charge is 2.42. The van der Waals surface area contributed by atoms with Gasteiger partial charge in [-0.3, -0.25) is 9.59 Å². The summed E-state index contributed by atoms with van der Waals surface area (Å²) < 4.78 is 13.4. The van der Waals surface area contributed by atoms with Gasteiger partial charge >= 0.3 is 0 Å². The van der Waals surface area contributed by atoms with Gasteiger partial charge in [0, 0.05) is 12.0 Å². The predicted molar refractivity (Wildman–Crippen MR) is 149 cm³/mol. The number of aryl methyl sites for hydroxylation is 1. The normalized spacial score (nSPS) is 15.0. The van der Waals surface area contributed by atoms with Gasteiger partial charge < -0.3 is 8.85 Å². The van der Waals surface area contributed by atoms with Crippen LogP contribution in [0.25, 0.3) is 0 Å². The van der Waals surface area contributed by atoms with E-state index in [1.165, 1.54) is 4.90 Å². The number of para-hydroxylation sites is 1. The number of imide groups is 1. The Morgan fingerprint density at radius 1 is 0.800 bits per heavy atom. The number of anilines is 1. The third kappa shape index (κ3) is 5.56. The monoisotopic (exact) mass is 511 g/mol. The molecule has 3 rings (SSSR count). The number of carbonyl (C=O) groups excluding carboxylic acids is 2. The van der Waals surface area contributed by atoms with Crippen molar-refractivity contribution in [3.05, 3.63) is 53.6 Å². The number of hydrogen-bond acceptors (Lipinski definition) is 4. The van der Waals surface area contributed by atoms with Gasteiger partial charge in [0.2, 0.25) is 5.91 Å². The predicted octanol–water partition coefficient (Wildman–Crippen LogP) is 7.57. The summed E-state index contributed by atoms with van der Waals surface area (Å²) >= 11 is 0. The van der Waals surface area contributed by atoms with Crippen LogP contribution in [0.5, 0.6) is 11.5 Å². The highest BCUT2D eigenvalue weighted by molar-refractivity contribution is 6.75. The highest BCUT2D eigenvalue weighted by atomic mass is 28.4. The summed E-state index contributed by atoms with van der Waals surface area (Å²) in [5.74, 6) is 0.747. The molecular weight excluding hydrogens is 470 g/mol. The first-order valence-corrected chi connectivity index (χ1v) is 18.2. The first-order chi connectivity index (χ1) is 15.9. The number of hydrogen-bond donors (Lipinski definition) is 0. The van der Waals surface area contributed by atoms with Crippen LogP contribution in [-0.2, 0) is 11.2 Å². The molecule has 0 saturated heterocycles. The molecule has 7 heteroatoms. The van der Waals surface area contributed by atoms with Crippen LogP contribution in [0.4, 0.5) is 5.69 Å². The van der Waals surface area contributed by atoms with E-state index < -0.39 is 16.6 Å². The zero-order chi connectivity index (χ0) is 26.4. The smallest absolute Gasteiger partial charge is 0.265 e. The van der Waals surface area contributed by atoms with Crippen molar-refractivity contribution in [3.8, 4) is 11.5 Å². The van der Waals surface area contributed by atoms with Crippen LogP contribution >= 0.6 is 0 Å². The fourth-order valence-corrected chi connectivity index (χ4v) is 5.48. The Morgan fingerprint density at radius 2 is 1.34 bits per heavy atom. The van der Waals surface area contributed by atoms with E-state index in [4.69, 9.17) is 8.85 Å². The molecule has 5 nitrogen and oxygen atoms in total. The molecular formula is C28H41NO4Si2. The maximum absolute atomic E-state index is 13.7. The zero-order valence-corrected chi connectivity index (χ0v) is 25.0. The fraction of sp³-hybridized carbons (Fsp3) is 0.500. The second kappa shape index (κ2) is 9.24. The average Bonchev–Trinajstić information content (AvgIpc) is 2.72. The Morgan fingerprint density at radius 3 is 1.91 bits per heavy atom. The molecule has 0 unspecified atom stereocenters. The van der Waals surface area contributed by atoms with Crippen LogP contribution in [0.15, 0.2) is 42.5 Å². The lowest BCUT2D eigenvalue weighted by Crippen LogP contribution is -2.46. The first kappa shape index (κ1) is 27.2. The average molecular weight is 512 g/mol. The molecule has 0 fully saturated rings. The van der Waals surface area contributed by atoms with Crippen molar-refractivity contribution in [1.82, 2.24) is 0 Å². The van der Waals surface area contributed by atoms with Crippen molar-refractivity contribution in [2.24, 2.45) is 0 Å². The minimum absolute atomic E-state index is 0.0136. The number of carbonyl (C=O) groups is 2. The third-order valence-electron chi connectivity index (χ3n) is 7.83. The van der Waals surface area contributed by atoms with Crippen LogP contribution in [0.3, 0.4) is 0 Å². The number of fused-ring (bicyclic) bond motifs is 1. The molecule has 0 aromatic heterocycles. The summed E-state index contributed by atoms with van der Waals surface area (Å²) in [4.78, 5) is 27.8. The Balaban J connectivity index is 2.08. The van der Waals surface area contributed by atoms with Crippen molar-refractivity contribution >= 4 is 34.1 Å². The van der Waals surface area contributed by atoms with E-state index in [-0.39, 0.29) is 21.9 Å². The number of benzene rings is 2. The lowest BCUT2D eigenvalue weighted by Gasteiger charge is -2.39.